The van der Waals surface area contributed by atoms with Gasteiger partial charge in [-0.2, -0.15) is 0 Å². The average Bonchev–Trinajstić information content (AvgIpc) is 3.23. The van der Waals surface area contributed by atoms with E-state index in [1.165, 1.54) is 13.0 Å². The average molecular weight is 430 g/mol. The Morgan fingerprint density at radius 2 is 2.00 bits per heavy atom. The molecule has 0 fully saturated rings. The number of hydrogen-bond donors (Lipinski definition) is 0. The van der Waals surface area contributed by atoms with Crippen molar-refractivity contribution in [3.8, 4) is 17.2 Å². The first-order valence-corrected chi connectivity index (χ1v) is 8.69. The lowest BCUT2D eigenvalue weighted by atomic mass is 10.1. The normalized spacial score (nSPS) is 16.3. The minimum atomic E-state index is -0.601. The van der Waals surface area contributed by atoms with Gasteiger partial charge in [-0.25, -0.2) is 9.79 Å². The van der Waals surface area contributed by atoms with Gasteiger partial charge in [0.25, 0.3) is 0 Å². The van der Waals surface area contributed by atoms with Crippen LogP contribution in [0.15, 0.2) is 51.6 Å². The lowest BCUT2D eigenvalue weighted by molar-refractivity contribution is -0.132. The molecule has 0 bridgehead atoms. The summed E-state index contributed by atoms with van der Waals surface area (Å²) in [4.78, 5) is 27.8. The van der Waals surface area contributed by atoms with E-state index in [0.717, 1.165) is 4.47 Å². The Hall–Kier alpha value is -3.13. The molecule has 0 N–H and O–H groups in total. The van der Waals surface area contributed by atoms with Crippen LogP contribution in [0.3, 0.4) is 0 Å². The second-order valence-electron chi connectivity index (χ2n) is 5.68. The predicted molar refractivity (Wildman–Crippen MR) is 98.6 cm³/mol. The molecule has 0 saturated carbocycles. The molecule has 2 aromatic rings. The SMILES string of the molecule is CC(=O)Oc1ccc(Br)cc1/C=C1/N=C(c2ccc3c(c2)OCO3)OC1=O. The van der Waals surface area contributed by atoms with Crippen molar-refractivity contribution in [3.63, 3.8) is 0 Å². The topological polar surface area (TPSA) is 83.4 Å². The van der Waals surface area contributed by atoms with Gasteiger partial charge in [-0.1, -0.05) is 15.9 Å². The molecule has 0 aliphatic carbocycles. The van der Waals surface area contributed by atoms with Crippen LogP contribution in [-0.4, -0.2) is 24.6 Å². The molecule has 0 saturated heterocycles. The largest absolute Gasteiger partial charge is 0.454 e. The van der Waals surface area contributed by atoms with Crippen LogP contribution in [0.1, 0.15) is 18.1 Å². The highest BCUT2D eigenvalue weighted by Crippen LogP contribution is 2.34. The molecule has 136 valence electrons. The number of cyclic esters (lactones) is 1. The lowest BCUT2D eigenvalue weighted by Gasteiger charge is -2.06. The van der Waals surface area contributed by atoms with E-state index in [0.29, 0.717) is 28.4 Å². The Balaban J connectivity index is 1.69. The summed E-state index contributed by atoms with van der Waals surface area (Å²) in [6, 6.07) is 10.2. The molecule has 2 heterocycles. The van der Waals surface area contributed by atoms with Gasteiger partial charge in [0.05, 0.1) is 0 Å². The summed E-state index contributed by atoms with van der Waals surface area (Å²) < 4.78 is 21.8. The third kappa shape index (κ3) is 3.56. The highest BCUT2D eigenvalue weighted by Gasteiger charge is 2.26. The van der Waals surface area contributed by atoms with Crippen molar-refractivity contribution in [2.24, 2.45) is 4.99 Å². The Kier molecular flexibility index (Phi) is 4.41. The van der Waals surface area contributed by atoms with Crippen LogP contribution >= 0.6 is 15.9 Å². The second-order valence-corrected chi connectivity index (χ2v) is 6.60. The number of ether oxygens (including phenoxy) is 4. The number of halogens is 1. The van der Waals surface area contributed by atoms with Crippen LogP contribution in [0.25, 0.3) is 6.08 Å². The van der Waals surface area contributed by atoms with Crippen LogP contribution in [0.5, 0.6) is 17.2 Å². The van der Waals surface area contributed by atoms with Crippen molar-refractivity contribution in [3.05, 3.63) is 57.7 Å². The molecule has 8 heteroatoms. The van der Waals surface area contributed by atoms with E-state index in [2.05, 4.69) is 20.9 Å². The molecule has 7 nitrogen and oxygen atoms in total. The van der Waals surface area contributed by atoms with E-state index in [-0.39, 0.29) is 18.4 Å². The summed E-state index contributed by atoms with van der Waals surface area (Å²) in [5.74, 6) is 0.602. The summed E-state index contributed by atoms with van der Waals surface area (Å²) in [5, 5.41) is 0. The van der Waals surface area contributed by atoms with Gasteiger partial charge in [-0.3, -0.25) is 4.79 Å². The van der Waals surface area contributed by atoms with Crippen LogP contribution in [-0.2, 0) is 14.3 Å². The minimum absolute atomic E-state index is 0.0918. The zero-order valence-electron chi connectivity index (χ0n) is 14.0. The smallest absolute Gasteiger partial charge is 0.363 e. The van der Waals surface area contributed by atoms with Crippen molar-refractivity contribution in [1.29, 1.82) is 0 Å². The first kappa shape index (κ1) is 17.3. The first-order valence-electron chi connectivity index (χ1n) is 7.90. The maximum absolute atomic E-state index is 12.2. The van der Waals surface area contributed by atoms with Crippen molar-refractivity contribution in [1.82, 2.24) is 0 Å². The number of carbonyl (C=O) groups excluding carboxylic acids is 2. The molecule has 0 spiro atoms. The Morgan fingerprint density at radius 1 is 1.19 bits per heavy atom. The second kappa shape index (κ2) is 6.88. The zero-order chi connectivity index (χ0) is 19.0. The summed E-state index contributed by atoms with van der Waals surface area (Å²) in [5.41, 5.74) is 1.20. The van der Waals surface area contributed by atoms with Gasteiger partial charge in [-0.05, 0) is 42.5 Å². The highest BCUT2D eigenvalue weighted by molar-refractivity contribution is 9.10. The van der Waals surface area contributed by atoms with Gasteiger partial charge in [0.2, 0.25) is 12.7 Å². The van der Waals surface area contributed by atoms with E-state index in [1.54, 1.807) is 36.4 Å². The highest BCUT2D eigenvalue weighted by atomic mass is 79.9. The van der Waals surface area contributed by atoms with E-state index in [1.807, 2.05) is 0 Å². The fraction of sp³-hybridized carbons (Fsp3) is 0.105. The standard InChI is InChI=1S/C19H12BrNO6/c1-10(22)26-15-5-3-13(20)6-12(15)7-14-19(23)27-18(21-14)11-2-4-16-17(8-11)25-9-24-16/h2-8H,9H2,1H3/b14-7+. The molecule has 0 aromatic heterocycles. The maximum atomic E-state index is 12.2. The van der Waals surface area contributed by atoms with E-state index >= 15 is 0 Å². The number of hydrogen-bond acceptors (Lipinski definition) is 7. The number of aliphatic imine (C=N–C) groups is 1. The van der Waals surface area contributed by atoms with Gasteiger partial charge >= 0.3 is 11.9 Å². The summed E-state index contributed by atoms with van der Waals surface area (Å²) >= 11 is 3.36. The van der Waals surface area contributed by atoms with Crippen molar-refractivity contribution in [2.75, 3.05) is 6.79 Å². The number of rotatable bonds is 3. The van der Waals surface area contributed by atoms with Gasteiger partial charge in [0.15, 0.2) is 17.2 Å². The predicted octanol–water partition coefficient (Wildman–Crippen LogP) is 3.45. The van der Waals surface area contributed by atoms with Crippen LogP contribution in [0, 0.1) is 0 Å². The maximum Gasteiger partial charge on any atom is 0.363 e. The van der Waals surface area contributed by atoms with Gasteiger partial charge in [0.1, 0.15) is 5.75 Å². The zero-order valence-corrected chi connectivity index (χ0v) is 15.6. The number of carbonyl (C=O) groups is 2. The molecule has 2 aromatic carbocycles. The monoisotopic (exact) mass is 429 g/mol. The molecular weight excluding hydrogens is 418 g/mol. The fourth-order valence-electron chi connectivity index (χ4n) is 2.59. The third-order valence-corrected chi connectivity index (χ3v) is 4.25. The summed E-state index contributed by atoms with van der Waals surface area (Å²) in [6.07, 6.45) is 1.51. The molecule has 4 rings (SSSR count). The van der Waals surface area contributed by atoms with Crippen LogP contribution in [0.4, 0.5) is 0 Å². The Bertz CT molecular complexity index is 1030. The third-order valence-electron chi connectivity index (χ3n) is 3.76. The Labute approximate surface area is 162 Å². The van der Waals surface area contributed by atoms with Gasteiger partial charge < -0.3 is 18.9 Å². The molecule has 0 amide bonds. The molecule has 0 radical (unpaired) electrons. The number of benzene rings is 2. The van der Waals surface area contributed by atoms with Crippen LogP contribution < -0.4 is 14.2 Å². The van der Waals surface area contributed by atoms with Gasteiger partial charge in [-0.15, -0.1) is 0 Å². The van der Waals surface area contributed by atoms with Crippen molar-refractivity contribution < 1.29 is 28.5 Å². The summed E-state index contributed by atoms with van der Waals surface area (Å²) in [6.45, 7) is 1.46. The molecule has 2 aliphatic heterocycles. The number of nitrogens with zero attached hydrogens (tertiary/aromatic N) is 1. The van der Waals surface area contributed by atoms with Crippen LogP contribution in [0.2, 0.25) is 0 Å². The first-order chi connectivity index (χ1) is 13.0. The number of esters is 2. The lowest BCUT2D eigenvalue weighted by Crippen LogP contribution is -2.05. The molecule has 0 atom stereocenters. The van der Waals surface area contributed by atoms with E-state index in [9.17, 15) is 9.59 Å². The quantitative estimate of drug-likeness (QED) is 0.422. The Morgan fingerprint density at radius 3 is 2.81 bits per heavy atom. The number of fused-ring (bicyclic) bond motifs is 1. The van der Waals surface area contributed by atoms with E-state index < -0.39 is 11.9 Å². The molecule has 27 heavy (non-hydrogen) atoms. The van der Waals surface area contributed by atoms with Crippen molar-refractivity contribution in [2.45, 2.75) is 6.92 Å². The van der Waals surface area contributed by atoms with E-state index in [4.69, 9.17) is 18.9 Å². The van der Waals surface area contributed by atoms with Gasteiger partial charge in [0, 0.05) is 22.5 Å². The summed E-state index contributed by atoms with van der Waals surface area (Å²) in [7, 11) is 0. The fourth-order valence-corrected chi connectivity index (χ4v) is 2.97. The molecule has 0 unspecified atom stereocenters. The van der Waals surface area contributed by atoms with Crippen molar-refractivity contribution >= 4 is 39.8 Å². The minimum Gasteiger partial charge on any atom is -0.454 e. The molecular formula is C19H12BrNO6. The molecule has 2 aliphatic rings.